The van der Waals surface area contributed by atoms with E-state index in [0.29, 0.717) is 31.4 Å². The van der Waals surface area contributed by atoms with Crippen molar-refractivity contribution in [2.24, 2.45) is 0 Å². The van der Waals surface area contributed by atoms with Crippen molar-refractivity contribution in [1.82, 2.24) is 9.97 Å². The summed E-state index contributed by atoms with van der Waals surface area (Å²) >= 11 is 0. The third-order valence-corrected chi connectivity index (χ3v) is 4.63. The molecule has 1 aliphatic heterocycles. The summed E-state index contributed by atoms with van der Waals surface area (Å²) in [4.78, 5) is 10.2. The van der Waals surface area contributed by atoms with Gasteiger partial charge in [0.25, 0.3) is 0 Å². The van der Waals surface area contributed by atoms with Gasteiger partial charge in [0, 0.05) is 19.3 Å². The summed E-state index contributed by atoms with van der Waals surface area (Å²) in [6.07, 6.45) is 6.61. The Morgan fingerprint density at radius 2 is 2.00 bits per heavy atom. The molecule has 0 aliphatic carbocycles. The first kappa shape index (κ1) is 14.0. The summed E-state index contributed by atoms with van der Waals surface area (Å²) in [6, 6.07) is 0. The van der Waals surface area contributed by atoms with E-state index in [1.165, 1.54) is 6.26 Å². The van der Waals surface area contributed by atoms with Gasteiger partial charge in [0.05, 0.1) is 24.3 Å². The van der Waals surface area contributed by atoms with Gasteiger partial charge in [0.1, 0.15) is 0 Å². The van der Waals surface area contributed by atoms with E-state index in [1.807, 2.05) is 4.90 Å². The molecule has 1 aromatic rings. The van der Waals surface area contributed by atoms with E-state index in [0.717, 1.165) is 12.8 Å². The SMILES string of the molecule is CCCCOc1cnc(N2CC(S(C)(=O)=O)C2)nc1. The van der Waals surface area contributed by atoms with Crippen LogP contribution in [0.15, 0.2) is 12.4 Å². The molecule has 0 atom stereocenters. The zero-order valence-corrected chi connectivity index (χ0v) is 12.1. The first-order valence-electron chi connectivity index (χ1n) is 6.39. The molecule has 1 aromatic heterocycles. The highest BCUT2D eigenvalue weighted by Gasteiger charge is 2.35. The molecule has 1 saturated heterocycles. The fraction of sp³-hybridized carbons (Fsp3) is 0.667. The molecule has 0 amide bonds. The number of aromatic nitrogens is 2. The van der Waals surface area contributed by atoms with E-state index in [4.69, 9.17) is 4.74 Å². The lowest BCUT2D eigenvalue weighted by molar-refractivity contribution is 0.307. The average Bonchev–Trinajstić information content (AvgIpc) is 2.28. The van der Waals surface area contributed by atoms with Gasteiger partial charge in [-0.2, -0.15) is 0 Å². The number of nitrogens with zero attached hydrogens (tertiary/aromatic N) is 3. The van der Waals surface area contributed by atoms with Crippen molar-refractivity contribution in [1.29, 1.82) is 0 Å². The highest BCUT2D eigenvalue weighted by Crippen LogP contribution is 2.21. The standard InChI is InChI=1S/C12H19N3O3S/c1-3-4-5-18-10-6-13-12(14-7-10)15-8-11(9-15)19(2,16)17/h6-7,11H,3-5,8-9H2,1-2H3. The van der Waals surface area contributed by atoms with Gasteiger partial charge in [-0.1, -0.05) is 13.3 Å². The number of unbranched alkanes of at least 4 members (excludes halogenated alkanes) is 1. The Balaban J connectivity index is 1.87. The Hall–Kier alpha value is -1.37. The van der Waals surface area contributed by atoms with Gasteiger partial charge in [0.2, 0.25) is 5.95 Å². The smallest absolute Gasteiger partial charge is 0.225 e. The van der Waals surface area contributed by atoms with E-state index in [1.54, 1.807) is 12.4 Å². The van der Waals surface area contributed by atoms with Crippen LogP contribution in [0, 0.1) is 0 Å². The van der Waals surface area contributed by atoms with Crippen molar-refractivity contribution in [2.75, 3.05) is 30.9 Å². The fourth-order valence-electron chi connectivity index (χ4n) is 1.75. The minimum absolute atomic E-state index is 0.295. The van der Waals surface area contributed by atoms with Crippen molar-refractivity contribution in [2.45, 2.75) is 25.0 Å². The number of sulfone groups is 1. The molecule has 0 spiro atoms. The fourth-order valence-corrected chi connectivity index (χ4v) is 2.66. The van der Waals surface area contributed by atoms with E-state index in [2.05, 4.69) is 16.9 Å². The number of rotatable bonds is 6. The maximum Gasteiger partial charge on any atom is 0.225 e. The molecule has 6 nitrogen and oxygen atoms in total. The molecule has 1 aliphatic rings. The van der Waals surface area contributed by atoms with Crippen LogP contribution in [-0.4, -0.2) is 49.6 Å². The van der Waals surface area contributed by atoms with Gasteiger partial charge in [-0.25, -0.2) is 18.4 Å². The second kappa shape index (κ2) is 5.73. The average molecular weight is 285 g/mol. The van der Waals surface area contributed by atoms with Crippen LogP contribution < -0.4 is 9.64 Å². The van der Waals surface area contributed by atoms with Gasteiger partial charge in [0.15, 0.2) is 15.6 Å². The summed E-state index contributed by atoms with van der Waals surface area (Å²) in [7, 11) is -2.95. The highest BCUT2D eigenvalue weighted by atomic mass is 32.2. The molecule has 2 rings (SSSR count). The van der Waals surface area contributed by atoms with Gasteiger partial charge in [-0.3, -0.25) is 0 Å². The Labute approximate surface area is 113 Å². The van der Waals surface area contributed by atoms with Crippen LogP contribution in [-0.2, 0) is 9.84 Å². The molecule has 0 unspecified atom stereocenters. The summed E-state index contributed by atoms with van der Waals surface area (Å²) in [5, 5.41) is -0.295. The van der Waals surface area contributed by atoms with E-state index in [-0.39, 0.29) is 5.25 Å². The van der Waals surface area contributed by atoms with Crippen LogP contribution in [0.2, 0.25) is 0 Å². The van der Waals surface area contributed by atoms with Crippen LogP contribution in [0.25, 0.3) is 0 Å². The van der Waals surface area contributed by atoms with Crippen molar-refractivity contribution in [3.63, 3.8) is 0 Å². The van der Waals surface area contributed by atoms with Crippen LogP contribution in [0.1, 0.15) is 19.8 Å². The molecule has 0 saturated carbocycles. The second-order valence-electron chi connectivity index (χ2n) is 4.78. The number of anilines is 1. The van der Waals surface area contributed by atoms with E-state index >= 15 is 0 Å². The van der Waals surface area contributed by atoms with Crippen molar-refractivity contribution in [3.8, 4) is 5.75 Å². The lowest BCUT2D eigenvalue weighted by atomic mass is 10.2. The lowest BCUT2D eigenvalue weighted by Crippen LogP contribution is -2.55. The monoisotopic (exact) mass is 285 g/mol. The molecule has 0 bridgehead atoms. The van der Waals surface area contributed by atoms with E-state index < -0.39 is 9.84 Å². The summed E-state index contributed by atoms with van der Waals surface area (Å²) in [5.41, 5.74) is 0. The minimum atomic E-state index is -2.95. The van der Waals surface area contributed by atoms with E-state index in [9.17, 15) is 8.42 Å². The summed E-state index contributed by atoms with van der Waals surface area (Å²) in [6.45, 7) is 3.70. The molecular weight excluding hydrogens is 266 g/mol. The largest absolute Gasteiger partial charge is 0.490 e. The Morgan fingerprint density at radius 3 is 2.53 bits per heavy atom. The first-order valence-corrected chi connectivity index (χ1v) is 8.35. The highest BCUT2D eigenvalue weighted by molar-refractivity contribution is 7.91. The first-order chi connectivity index (χ1) is 9.00. The molecular formula is C12H19N3O3S. The molecule has 7 heteroatoms. The topological polar surface area (TPSA) is 72.4 Å². The normalized spacial score (nSPS) is 16.2. The molecule has 0 radical (unpaired) electrons. The maximum absolute atomic E-state index is 11.3. The molecule has 19 heavy (non-hydrogen) atoms. The lowest BCUT2D eigenvalue weighted by Gasteiger charge is -2.37. The number of hydrogen-bond acceptors (Lipinski definition) is 6. The Kier molecular flexibility index (Phi) is 4.24. The maximum atomic E-state index is 11.3. The Morgan fingerprint density at radius 1 is 1.37 bits per heavy atom. The summed E-state index contributed by atoms with van der Waals surface area (Å²) < 4.78 is 28.1. The summed E-state index contributed by atoms with van der Waals surface area (Å²) in [5.74, 6) is 1.21. The second-order valence-corrected chi connectivity index (χ2v) is 7.10. The molecule has 1 fully saturated rings. The quantitative estimate of drug-likeness (QED) is 0.723. The third-order valence-electron chi connectivity index (χ3n) is 3.12. The number of hydrogen-bond donors (Lipinski definition) is 0. The predicted octanol–water partition coefficient (Wildman–Crippen LogP) is 0.889. The van der Waals surface area contributed by atoms with Crippen molar-refractivity contribution < 1.29 is 13.2 Å². The van der Waals surface area contributed by atoms with Crippen LogP contribution in [0.5, 0.6) is 5.75 Å². The zero-order valence-electron chi connectivity index (χ0n) is 11.2. The number of ether oxygens (including phenoxy) is 1. The van der Waals surface area contributed by atoms with Crippen molar-refractivity contribution in [3.05, 3.63) is 12.4 Å². The van der Waals surface area contributed by atoms with Crippen LogP contribution in [0.4, 0.5) is 5.95 Å². The van der Waals surface area contributed by atoms with Gasteiger partial charge < -0.3 is 9.64 Å². The Bertz CT molecular complexity index is 510. The predicted molar refractivity (Wildman–Crippen MR) is 73.3 cm³/mol. The van der Waals surface area contributed by atoms with Gasteiger partial charge in [-0.05, 0) is 6.42 Å². The minimum Gasteiger partial charge on any atom is -0.490 e. The molecule has 106 valence electrons. The van der Waals surface area contributed by atoms with Gasteiger partial charge >= 0.3 is 0 Å². The zero-order chi connectivity index (χ0) is 13.9. The van der Waals surface area contributed by atoms with Crippen molar-refractivity contribution >= 4 is 15.8 Å². The molecule has 0 N–H and O–H groups in total. The van der Waals surface area contributed by atoms with Crippen LogP contribution >= 0.6 is 0 Å². The van der Waals surface area contributed by atoms with Crippen LogP contribution in [0.3, 0.4) is 0 Å². The molecule has 2 heterocycles. The molecule has 0 aromatic carbocycles. The van der Waals surface area contributed by atoms with Gasteiger partial charge in [-0.15, -0.1) is 0 Å². The third kappa shape index (κ3) is 3.56.